The highest BCUT2D eigenvalue weighted by molar-refractivity contribution is 5.76. The number of carbonyl (C=O) groups excluding carboxylic acids is 1. The number of esters is 1. The summed E-state index contributed by atoms with van der Waals surface area (Å²) in [5, 5.41) is 9.78. The molecule has 0 heterocycles. The van der Waals surface area contributed by atoms with Crippen molar-refractivity contribution in [3.63, 3.8) is 0 Å². The van der Waals surface area contributed by atoms with Gasteiger partial charge in [0.1, 0.15) is 0 Å². The second-order valence-corrected chi connectivity index (χ2v) is 4.10. The first-order valence-corrected chi connectivity index (χ1v) is 5.65. The Morgan fingerprint density at radius 2 is 2.06 bits per heavy atom. The monoisotopic (exact) mass is 258 g/mol. The van der Waals surface area contributed by atoms with Gasteiger partial charge < -0.3 is 9.84 Å². The Balaban J connectivity index is 2.98. The topological polar surface area (TPSA) is 46.5 Å². The Morgan fingerprint density at radius 3 is 2.61 bits per heavy atom. The van der Waals surface area contributed by atoms with E-state index in [0.717, 1.165) is 6.92 Å². The molecule has 3 nitrogen and oxygen atoms in total. The van der Waals surface area contributed by atoms with E-state index in [-0.39, 0.29) is 17.7 Å². The molecule has 0 saturated heterocycles. The Hall–Kier alpha value is -1.49. The van der Waals surface area contributed by atoms with E-state index in [2.05, 4.69) is 4.74 Å². The number of carbonyl (C=O) groups is 1. The summed E-state index contributed by atoms with van der Waals surface area (Å²) in [6, 6.07) is 6.08. The van der Waals surface area contributed by atoms with Crippen LogP contribution in [-0.4, -0.2) is 23.6 Å². The van der Waals surface area contributed by atoms with Crippen LogP contribution in [0.25, 0.3) is 0 Å². The molecule has 18 heavy (non-hydrogen) atoms. The maximum atomic E-state index is 13.0. The predicted octanol–water partition coefficient (Wildman–Crippen LogP) is 2.48. The molecule has 1 aromatic carbocycles. The van der Waals surface area contributed by atoms with Crippen molar-refractivity contribution in [2.75, 3.05) is 6.61 Å². The summed E-state index contributed by atoms with van der Waals surface area (Å²) in [5.41, 5.74) is 0.406. The minimum absolute atomic E-state index is 0.127. The quantitative estimate of drug-likeness (QED) is 0.825. The van der Waals surface area contributed by atoms with Gasteiger partial charge in [-0.05, 0) is 25.0 Å². The molecule has 0 aliphatic heterocycles. The van der Waals surface area contributed by atoms with Crippen LogP contribution in [0, 0.1) is 0 Å². The van der Waals surface area contributed by atoms with Crippen LogP contribution in [0.3, 0.4) is 0 Å². The fourth-order valence-electron chi connectivity index (χ4n) is 1.64. The van der Waals surface area contributed by atoms with Crippen LogP contribution in [0.1, 0.15) is 31.1 Å². The van der Waals surface area contributed by atoms with Gasteiger partial charge in [-0.2, -0.15) is 0 Å². The van der Waals surface area contributed by atoms with Crippen LogP contribution in [-0.2, 0) is 16.0 Å². The summed E-state index contributed by atoms with van der Waals surface area (Å²) in [7, 11) is 0. The third kappa shape index (κ3) is 4.07. The van der Waals surface area contributed by atoms with Gasteiger partial charge in [0.25, 0.3) is 0 Å². The number of rotatable bonds is 5. The van der Waals surface area contributed by atoms with Gasteiger partial charge in [0.05, 0.1) is 6.61 Å². The van der Waals surface area contributed by atoms with Gasteiger partial charge in [0.2, 0.25) is 5.92 Å². The number of hydrogen-bond acceptors (Lipinski definition) is 3. The normalized spacial score (nSPS) is 13.2. The van der Waals surface area contributed by atoms with E-state index in [4.69, 9.17) is 0 Å². The molecule has 1 rings (SSSR count). The second-order valence-electron chi connectivity index (χ2n) is 4.10. The number of alkyl halides is 2. The van der Waals surface area contributed by atoms with Crippen molar-refractivity contribution in [3.8, 4) is 0 Å². The lowest BCUT2D eigenvalue weighted by Crippen LogP contribution is -2.20. The van der Waals surface area contributed by atoms with Crippen LogP contribution in [0.5, 0.6) is 0 Å². The molecule has 0 bridgehead atoms. The Labute approximate surface area is 104 Å². The number of halogens is 2. The first-order chi connectivity index (χ1) is 8.35. The molecule has 1 N–H and O–H groups in total. The van der Waals surface area contributed by atoms with Gasteiger partial charge in [0.15, 0.2) is 6.10 Å². The van der Waals surface area contributed by atoms with Gasteiger partial charge >= 0.3 is 5.97 Å². The average molecular weight is 258 g/mol. The van der Waals surface area contributed by atoms with Crippen molar-refractivity contribution in [1.29, 1.82) is 0 Å². The molecule has 5 heteroatoms. The highest BCUT2D eigenvalue weighted by atomic mass is 19.3. The summed E-state index contributed by atoms with van der Waals surface area (Å²) in [6.07, 6.45) is -2.05. The number of aliphatic hydroxyl groups excluding tert-OH is 1. The van der Waals surface area contributed by atoms with E-state index >= 15 is 0 Å². The lowest BCUT2D eigenvalue weighted by Gasteiger charge is -2.17. The Morgan fingerprint density at radius 1 is 1.44 bits per heavy atom. The molecule has 1 unspecified atom stereocenters. The zero-order chi connectivity index (χ0) is 13.8. The van der Waals surface area contributed by atoms with Crippen molar-refractivity contribution in [2.24, 2.45) is 0 Å². The van der Waals surface area contributed by atoms with Crippen LogP contribution < -0.4 is 0 Å². The first-order valence-electron chi connectivity index (χ1n) is 5.65. The molecule has 0 aromatic heterocycles. The molecular formula is C13H16F2O3. The van der Waals surface area contributed by atoms with Crippen molar-refractivity contribution < 1.29 is 23.4 Å². The zero-order valence-corrected chi connectivity index (χ0v) is 10.3. The molecule has 100 valence electrons. The molecule has 0 aliphatic carbocycles. The SMILES string of the molecule is CCOC(=O)C(O)c1ccccc1CC(C)(F)F. The standard InChI is InChI=1S/C13H16F2O3/c1-3-18-12(17)11(16)10-7-5-4-6-9(10)8-13(2,14)15/h4-7,11,16H,3,8H2,1-2H3. The highest BCUT2D eigenvalue weighted by Gasteiger charge is 2.27. The second kappa shape index (κ2) is 5.91. The maximum absolute atomic E-state index is 13.0. The van der Waals surface area contributed by atoms with Crippen LogP contribution in [0.2, 0.25) is 0 Å². The summed E-state index contributed by atoms with van der Waals surface area (Å²) < 4.78 is 30.7. The minimum atomic E-state index is -2.90. The first kappa shape index (κ1) is 14.6. The zero-order valence-electron chi connectivity index (χ0n) is 10.3. The fraction of sp³-hybridized carbons (Fsp3) is 0.462. The van der Waals surface area contributed by atoms with Gasteiger partial charge in [-0.25, -0.2) is 13.6 Å². The molecule has 0 saturated carbocycles. The lowest BCUT2D eigenvalue weighted by atomic mass is 9.98. The lowest BCUT2D eigenvalue weighted by molar-refractivity contribution is -0.153. The van der Waals surface area contributed by atoms with Crippen LogP contribution in [0.4, 0.5) is 8.78 Å². The number of benzene rings is 1. The molecule has 0 fully saturated rings. The van der Waals surface area contributed by atoms with Crippen molar-refractivity contribution in [2.45, 2.75) is 32.3 Å². The van der Waals surface area contributed by atoms with Gasteiger partial charge in [-0.15, -0.1) is 0 Å². The molecule has 1 aromatic rings. The summed E-state index contributed by atoms with van der Waals surface area (Å²) in [4.78, 5) is 11.4. The molecule has 0 aliphatic rings. The largest absolute Gasteiger partial charge is 0.464 e. The predicted molar refractivity (Wildman–Crippen MR) is 62.4 cm³/mol. The smallest absolute Gasteiger partial charge is 0.339 e. The van der Waals surface area contributed by atoms with E-state index in [1.54, 1.807) is 19.1 Å². The van der Waals surface area contributed by atoms with Crippen LogP contribution in [0.15, 0.2) is 24.3 Å². The third-order valence-corrected chi connectivity index (χ3v) is 2.36. The molecule has 0 spiro atoms. The van der Waals surface area contributed by atoms with E-state index in [1.807, 2.05) is 0 Å². The van der Waals surface area contributed by atoms with E-state index in [9.17, 15) is 18.7 Å². The third-order valence-electron chi connectivity index (χ3n) is 2.36. The fourth-order valence-corrected chi connectivity index (χ4v) is 1.64. The van der Waals surface area contributed by atoms with Crippen LogP contribution >= 0.6 is 0 Å². The summed E-state index contributed by atoms with van der Waals surface area (Å²) in [5.74, 6) is -3.73. The number of hydrogen-bond donors (Lipinski definition) is 1. The molecule has 0 amide bonds. The van der Waals surface area contributed by atoms with Gasteiger partial charge in [-0.3, -0.25) is 0 Å². The number of aliphatic hydroxyl groups is 1. The van der Waals surface area contributed by atoms with E-state index in [0.29, 0.717) is 0 Å². The van der Waals surface area contributed by atoms with Gasteiger partial charge in [0, 0.05) is 6.42 Å². The number of ether oxygens (including phenoxy) is 1. The molecule has 1 atom stereocenters. The van der Waals surface area contributed by atoms with Crippen molar-refractivity contribution in [1.82, 2.24) is 0 Å². The maximum Gasteiger partial charge on any atom is 0.339 e. The Bertz CT molecular complexity index is 413. The Kier molecular flexibility index (Phi) is 4.78. The molecule has 0 radical (unpaired) electrons. The summed E-state index contributed by atoms with van der Waals surface area (Å²) >= 11 is 0. The van der Waals surface area contributed by atoms with E-state index in [1.165, 1.54) is 12.1 Å². The van der Waals surface area contributed by atoms with E-state index < -0.39 is 24.4 Å². The summed E-state index contributed by atoms with van der Waals surface area (Å²) in [6.45, 7) is 2.53. The highest BCUT2D eigenvalue weighted by Crippen LogP contribution is 2.25. The van der Waals surface area contributed by atoms with Crippen molar-refractivity contribution >= 4 is 5.97 Å². The molecular weight excluding hydrogens is 242 g/mol. The van der Waals surface area contributed by atoms with Crippen molar-refractivity contribution in [3.05, 3.63) is 35.4 Å². The average Bonchev–Trinajstić information content (AvgIpc) is 2.27. The van der Waals surface area contributed by atoms with Gasteiger partial charge in [-0.1, -0.05) is 24.3 Å². The minimum Gasteiger partial charge on any atom is -0.464 e.